The van der Waals surface area contributed by atoms with Crippen molar-refractivity contribution in [1.29, 1.82) is 0 Å². The van der Waals surface area contributed by atoms with Crippen molar-refractivity contribution in [2.75, 3.05) is 6.54 Å². The van der Waals surface area contributed by atoms with Crippen molar-refractivity contribution in [2.24, 2.45) is 0 Å². The molecule has 1 aliphatic rings. The molecule has 1 aliphatic heterocycles. The first-order valence-electron chi connectivity index (χ1n) is 3.91. The van der Waals surface area contributed by atoms with Crippen molar-refractivity contribution in [3.63, 3.8) is 0 Å². The number of carboxylic acids is 1. The Morgan fingerprint density at radius 3 is 3.17 bits per heavy atom. The average molecular weight is 166 g/mol. The summed E-state index contributed by atoms with van der Waals surface area (Å²) >= 11 is 0. The maximum Gasteiger partial charge on any atom is 0.352 e. The zero-order valence-corrected chi connectivity index (χ0v) is 6.58. The van der Waals surface area contributed by atoms with Gasteiger partial charge in [0, 0.05) is 25.3 Å². The Balaban J connectivity index is 2.44. The van der Waals surface area contributed by atoms with Gasteiger partial charge in [-0.15, -0.1) is 0 Å². The lowest BCUT2D eigenvalue weighted by molar-refractivity contribution is 0.0684. The van der Waals surface area contributed by atoms with Crippen LogP contribution in [0, 0.1) is 0 Å². The molecule has 0 bridgehead atoms. The smallest absolute Gasteiger partial charge is 0.352 e. The molecular formula is C8H10N2O2. The third-order valence-electron chi connectivity index (χ3n) is 2.11. The molecule has 64 valence electrons. The van der Waals surface area contributed by atoms with E-state index in [2.05, 4.69) is 5.32 Å². The minimum absolute atomic E-state index is 0.395. The number of fused-ring (bicyclic) bond motifs is 1. The normalized spacial score (nSPS) is 15.7. The molecule has 12 heavy (non-hydrogen) atoms. The van der Waals surface area contributed by atoms with Crippen LogP contribution in [0.15, 0.2) is 12.1 Å². The number of carbonyl (C=O) groups is 1. The van der Waals surface area contributed by atoms with E-state index in [1.165, 1.54) is 0 Å². The largest absolute Gasteiger partial charge is 0.477 e. The minimum atomic E-state index is -0.844. The third-order valence-corrected chi connectivity index (χ3v) is 2.11. The standard InChI is InChI=1S/C8H10N2O2/c11-8(12)7-2-1-6-5-9-3-4-10(6)7/h1-2,9H,3-5H2,(H,11,12). The number of rotatable bonds is 1. The van der Waals surface area contributed by atoms with Crippen LogP contribution in [0.1, 0.15) is 16.2 Å². The molecule has 2 N–H and O–H groups in total. The first kappa shape index (κ1) is 7.36. The molecule has 2 rings (SSSR count). The molecule has 0 aliphatic carbocycles. The van der Waals surface area contributed by atoms with Crippen molar-refractivity contribution in [1.82, 2.24) is 9.88 Å². The second-order valence-corrected chi connectivity index (χ2v) is 2.84. The van der Waals surface area contributed by atoms with Gasteiger partial charge in [0.1, 0.15) is 5.69 Å². The molecule has 4 heteroatoms. The quantitative estimate of drug-likeness (QED) is 0.630. The lowest BCUT2D eigenvalue weighted by Gasteiger charge is -2.17. The first-order chi connectivity index (χ1) is 5.79. The van der Waals surface area contributed by atoms with Crippen LogP contribution < -0.4 is 5.32 Å². The fourth-order valence-electron chi connectivity index (χ4n) is 1.52. The lowest BCUT2D eigenvalue weighted by atomic mass is 10.3. The predicted octanol–water partition coefficient (Wildman–Crippen LogP) is 0.289. The average Bonchev–Trinajstić information content (AvgIpc) is 2.47. The molecule has 1 aromatic rings. The molecule has 0 spiro atoms. The second-order valence-electron chi connectivity index (χ2n) is 2.84. The molecule has 2 heterocycles. The van der Waals surface area contributed by atoms with E-state index in [1.54, 1.807) is 6.07 Å². The molecule has 4 nitrogen and oxygen atoms in total. The van der Waals surface area contributed by atoms with Gasteiger partial charge in [-0.2, -0.15) is 0 Å². The van der Waals surface area contributed by atoms with Crippen molar-refractivity contribution in [2.45, 2.75) is 13.1 Å². The Kier molecular flexibility index (Phi) is 1.62. The molecule has 0 unspecified atom stereocenters. The molecule has 0 fully saturated rings. The van der Waals surface area contributed by atoms with Crippen molar-refractivity contribution < 1.29 is 9.90 Å². The van der Waals surface area contributed by atoms with Crippen LogP contribution in [0.2, 0.25) is 0 Å². The molecule has 0 saturated heterocycles. The lowest BCUT2D eigenvalue weighted by Crippen LogP contribution is -2.29. The van der Waals surface area contributed by atoms with Gasteiger partial charge in [0.2, 0.25) is 0 Å². The zero-order valence-electron chi connectivity index (χ0n) is 6.58. The van der Waals surface area contributed by atoms with E-state index in [-0.39, 0.29) is 0 Å². The Hall–Kier alpha value is -1.29. The van der Waals surface area contributed by atoms with Crippen LogP contribution in [-0.4, -0.2) is 22.2 Å². The van der Waals surface area contributed by atoms with E-state index < -0.39 is 5.97 Å². The summed E-state index contributed by atoms with van der Waals surface area (Å²) in [6, 6.07) is 3.51. The van der Waals surface area contributed by atoms with Crippen molar-refractivity contribution in [3.8, 4) is 0 Å². The summed E-state index contributed by atoms with van der Waals surface area (Å²) in [4.78, 5) is 10.7. The van der Waals surface area contributed by atoms with Gasteiger partial charge >= 0.3 is 5.97 Å². The molecule has 0 atom stereocenters. The highest BCUT2D eigenvalue weighted by Gasteiger charge is 2.15. The number of hydrogen-bond donors (Lipinski definition) is 2. The highest BCUT2D eigenvalue weighted by molar-refractivity contribution is 5.86. The minimum Gasteiger partial charge on any atom is -0.477 e. The van der Waals surface area contributed by atoms with Gasteiger partial charge in [0.25, 0.3) is 0 Å². The maximum absolute atomic E-state index is 10.7. The zero-order chi connectivity index (χ0) is 8.55. The fourth-order valence-corrected chi connectivity index (χ4v) is 1.52. The summed E-state index contributed by atoms with van der Waals surface area (Å²) in [5, 5.41) is 12.0. The summed E-state index contributed by atoms with van der Waals surface area (Å²) < 4.78 is 1.85. The SMILES string of the molecule is O=C(O)c1ccc2n1CCNC2. The molecule has 1 aromatic heterocycles. The van der Waals surface area contributed by atoms with E-state index in [4.69, 9.17) is 5.11 Å². The number of carboxylic acid groups (broad SMARTS) is 1. The summed E-state index contributed by atoms with van der Waals surface area (Å²) in [7, 11) is 0. The van der Waals surface area contributed by atoms with Crippen molar-refractivity contribution in [3.05, 3.63) is 23.5 Å². The van der Waals surface area contributed by atoms with Crippen LogP contribution in [-0.2, 0) is 13.1 Å². The van der Waals surface area contributed by atoms with Crippen LogP contribution in [0.25, 0.3) is 0 Å². The van der Waals surface area contributed by atoms with E-state index in [9.17, 15) is 4.79 Å². The first-order valence-corrected chi connectivity index (χ1v) is 3.91. The molecular weight excluding hydrogens is 156 g/mol. The van der Waals surface area contributed by atoms with Gasteiger partial charge in [-0.25, -0.2) is 4.79 Å². The molecule has 0 radical (unpaired) electrons. The highest BCUT2D eigenvalue weighted by atomic mass is 16.4. The Morgan fingerprint density at radius 1 is 1.58 bits per heavy atom. The Bertz CT molecular complexity index is 317. The number of hydrogen-bond acceptors (Lipinski definition) is 2. The molecule has 0 aromatic carbocycles. The summed E-state index contributed by atoms with van der Waals surface area (Å²) in [6.07, 6.45) is 0. The molecule has 0 saturated carbocycles. The van der Waals surface area contributed by atoms with Gasteiger partial charge in [0.15, 0.2) is 0 Å². The van der Waals surface area contributed by atoms with Gasteiger partial charge < -0.3 is 15.0 Å². The van der Waals surface area contributed by atoms with Crippen LogP contribution in [0.5, 0.6) is 0 Å². The highest BCUT2D eigenvalue weighted by Crippen LogP contribution is 2.11. The van der Waals surface area contributed by atoms with E-state index in [0.717, 1.165) is 25.3 Å². The number of aromatic carboxylic acids is 1. The van der Waals surface area contributed by atoms with Gasteiger partial charge in [0.05, 0.1) is 0 Å². The fraction of sp³-hybridized carbons (Fsp3) is 0.375. The van der Waals surface area contributed by atoms with Crippen LogP contribution in [0.3, 0.4) is 0 Å². The summed E-state index contributed by atoms with van der Waals surface area (Å²) in [5.74, 6) is -0.844. The van der Waals surface area contributed by atoms with E-state index in [0.29, 0.717) is 5.69 Å². The van der Waals surface area contributed by atoms with Gasteiger partial charge in [-0.3, -0.25) is 0 Å². The Labute approximate surface area is 69.8 Å². The topological polar surface area (TPSA) is 54.3 Å². The van der Waals surface area contributed by atoms with E-state index in [1.807, 2.05) is 10.6 Å². The summed E-state index contributed by atoms with van der Waals surface area (Å²) in [6.45, 7) is 2.37. The maximum atomic E-state index is 10.7. The predicted molar refractivity (Wildman–Crippen MR) is 43.1 cm³/mol. The van der Waals surface area contributed by atoms with Gasteiger partial charge in [-0.1, -0.05) is 0 Å². The summed E-state index contributed by atoms with van der Waals surface area (Å²) in [5.41, 5.74) is 1.45. The third kappa shape index (κ3) is 1.00. The van der Waals surface area contributed by atoms with Gasteiger partial charge in [-0.05, 0) is 12.1 Å². The Morgan fingerprint density at radius 2 is 2.42 bits per heavy atom. The van der Waals surface area contributed by atoms with Crippen LogP contribution >= 0.6 is 0 Å². The number of nitrogens with one attached hydrogen (secondary N) is 1. The van der Waals surface area contributed by atoms with Crippen LogP contribution in [0.4, 0.5) is 0 Å². The number of nitrogens with zero attached hydrogens (tertiary/aromatic N) is 1. The van der Waals surface area contributed by atoms with E-state index >= 15 is 0 Å². The monoisotopic (exact) mass is 166 g/mol. The second kappa shape index (κ2) is 2.64. The van der Waals surface area contributed by atoms with Crippen molar-refractivity contribution >= 4 is 5.97 Å². The molecule has 0 amide bonds. The number of aromatic nitrogens is 1.